The van der Waals surface area contributed by atoms with Gasteiger partial charge in [0, 0.05) is 6.42 Å². The molecule has 0 radical (unpaired) electrons. The van der Waals surface area contributed by atoms with Gasteiger partial charge in [0.2, 0.25) is 0 Å². The Bertz CT molecular complexity index is 258. The topological polar surface area (TPSA) is 17.1 Å². The van der Waals surface area contributed by atoms with Crippen LogP contribution < -0.4 is 0 Å². The van der Waals surface area contributed by atoms with Crippen molar-refractivity contribution in [2.75, 3.05) is 0 Å². The number of carbonyl (C=O) groups is 1. The zero-order valence-corrected chi connectivity index (χ0v) is 10.1. The average molecular weight is 339 g/mol. The summed E-state index contributed by atoms with van der Waals surface area (Å²) in [6, 6.07) is 9.76. The van der Waals surface area contributed by atoms with Gasteiger partial charge < -0.3 is 0 Å². The summed E-state index contributed by atoms with van der Waals surface area (Å²) in [4.78, 5) is 11.3. The van der Waals surface area contributed by atoms with Crippen LogP contribution in [0.5, 0.6) is 0 Å². The van der Waals surface area contributed by atoms with E-state index >= 15 is 0 Å². The number of alkyl halides is 2. The van der Waals surface area contributed by atoms with Crippen molar-refractivity contribution in [3.63, 3.8) is 0 Å². The molecule has 0 fully saturated rings. The van der Waals surface area contributed by atoms with Crippen LogP contribution in [0, 0.1) is 0 Å². The number of halogens is 2. The number of ketones is 1. The van der Waals surface area contributed by atoms with Crippen LogP contribution in [0.25, 0.3) is 0 Å². The Morgan fingerprint density at radius 1 is 1.42 bits per heavy atom. The van der Waals surface area contributed by atoms with E-state index in [9.17, 15) is 4.79 Å². The first kappa shape index (κ1) is 10.2. The van der Waals surface area contributed by atoms with E-state index in [2.05, 4.69) is 38.5 Å². The first-order valence-electron chi connectivity index (χ1n) is 3.55. The molecule has 1 unspecified atom stereocenters. The maximum Gasteiger partial charge on any atom is 0.160 e. The van der Waals surface area contributed by atoms with Crippen LogP contribution in [0.15, 0.2) is 30.3 Å². The molecule has 0 bridgehead atoms. The van der Waals surface area contributed by atoms with Gasteiger partial charge >= 0.3 is 0 Å². The van der Waals surface area contributed by atoms with Crippen molar-refractivity contribution in [3.05, 3.63) is 35.9 Å². The fourth-order valence-electron chi connectivity index (χ4n) is 0.874. The minimum atomic E-state index is -0.0738. The predicted octanol–water partition coefficient (Wildman–Crippen LogP) is 2.95. The van der Waals surface area contributed by atoms with Crippen molar-refractivity contribution in [1.29, 1.82) is 0 Å². The third kappa shape index (κ3) is 3.23. The first-order chi connectivity index (χ1) is 5.70. The van der Waals surface area contributed by atoms with Gasteiger partial charge in [-0.3, -0.25) is 4.79 Å². The Morgan fingerprint density at radius 2 is 2.00 bits per heavy atom. The van der Waals surface area contributed by atoms with E-state index in [1.54, 1.807) is 0 Å². The number of rotatable bonds is 3. The van der Waals surface area contributed by atoms with E-state index in [4.69, 9.17) is 0 Å². The molecule has 12 heavy (non-hydrogen) atoms. The van der Waals surface area contributed by atoms with Crippen molar-refractivity contribution >= 4 is 44.3 Å². The lowest BCUT2D eigenvalue weighted by Gasteiger charge is -2.00. The van der Waals surface area contributed by atoms with Gasteiger partial charge in [-0.05, 0) is 5.56 Å². The molecule has 0 spiro atoms. The predicted molar refractivity (Wildman–Crippen MR) is 61.9 cm³/mol. The monoisotopic (exact) mass is 338 g/mol. The third-order valence-electron chi connectivity index (χ3n) is 1.46. The SMILES string of the molecule is O=C(Cc1ccccc1)C(Br)I. The molecule has 64 valence electrons. The number of benzene rings is 1. The van der Waals surface area contributed by atoms with Gasteiger partial charge in [0.1, 0.15) is 2.83 Å². The van der Waals surface area contributed by atoms with Gasteiger partial charge in [0.15, 0.2) is 5.78 Å². The molecule has 0 amide bonds. The van der Waals surface area contributed by atoms with Crippen molar-refractivity contribution in [2.24, 2.45) is 0 Å². The summed E-state index contributed by atoms with van der Waals surface area (Å²) < 4.78 is -0.0738. The molecule has 0 aliphatic carbocycles. The maximum absolute atomic E-state index is 11.3. The van der Waals surface area contributed by atoms with Gasteiger partial charge in [0.25, 0.3) is 0 Å². The van der Waals surface area contributed by atoms with E-state index in [1.165, 1.54) is 0 Å². The van der Waals surface area contributed by atoms with Crippen LogP contribution in [-0.4, -0.2) is 8.62 Å². The normalized spacial score (nSPS) is 12.5. The molecule has 1 rings (SSSR count). The van der Waals surface area contributed by atoms with Crippen LogP contribution >= 0.6 is 38.5 Å². The van der Waals surface area contributed by atoms with Crippen LogP contribution in [-0.2, 0) is 11.2 Å². The van der Waals surface area contributed by atoms with E-state index < -0.39 is 0 Å². The van der Waals surface area contributed by atoms with E-state index in [0.717, 1.165) is 5.56 Å². The second kappa shape index (κ2) is 4.97. The summed E-state index contributed by atoms with van der Waals surface area (Å²) in [5, 5.41) is 0. The molecule has 0 heterocycles. The highest BCUT2D eigenvalue weighted by molar-refractivity contribution is 14.1. The minimum Gasteiger partial charge on any atom is -0.297 e. The smallest absolute Gasteiger partial charge is 0.160 e. The summed E-state index contributed by atoms with van der Waals surface area (Å²) in [6.07, 6.45) is 0.514. The minimum absolute atomic E-state index is 0.0738. The summed E-state index contributed by atoms with van der Waals surface area (Å²) in [7, 11) is 0. The molecule has 3 heteroatoms. The lowest BCUT2D eigenvalue weighted by atomic mass is 10.1. The highest BCUT2D eigenvalue weighted by atomic mass is 127. The van der Waals surface area contributed by atoms with E-state index in [-0.39, 0.29) is 8.62 Å². The van der Waals surface area contributed by atoms with Crippen molar-refractivity contribution in [3.8, 4) is 0 Å². The molecule has 0 aliphatic heterocycles. The highest BCUT2D eigenvalue weighted by Gasteiger charge is 2.10. The summed E-state index contributed by atoms with van der Waals surface area (Å²) in [6.45, 7) is 0. The fraction of sp³-hybridized carbons (Fsp3) is 0.222. The standard InChI is InChI=1S/C9H8BrIO/c10-9(11)8(12)6-7-4-2-1-3-5-7/h1-5,9H,6H2. The molecular formula is C9H8BrIO. The lowest BCUT2D eigenvalue weighted by molar-refractivity contribution is -0.116. The Kier molecular flexibility index (Phi) is 4.21. The van der Waals surface area contributed by atoms with Gasteiger partial charge in [-0.25, -0.2) is 0 Å². The van der Waals surface area contributed by atoms with E-state index in [0.29, 0.717) is 6.42 Å². The summed E-state index contributed by atoms with van der Waals surface area (Å²) >= 11 is 5.30. The first-order valence-corrected chi connectivity index (χ1v) is 5.71. The van der Waals surface area contributed by atoms with Crippen LogP contribution in [0.3, 0.4) is 0 Å². The molecule has 1 aromatic rings. The molecule has 0 aromatic heterocycles. The van der Waals surface area contributed by atoms with Crippen molar-refractivity contribution in [2.45, 2.75) is 9.25 Å². The van der Waals surface area contributed by atoms with Gasteiger partial charge in [-0.1, -0.05) is 68.9 Å². The zero-order chi connectivity index (χ0) is 8.97. The molecule has 0 aliphatic rings. The quantitative estimate of drug-likeness (QED) is 0.611. The molecule has 0 saturated carbocycles. The Labute approximate surface area is 93.8 Å². The fourth-order valence-corrected chi connectivity index (χ4v) is 1.26. The molecule has 0 saturated heterocycles. The number of Topliss-reactive ketones (excluding diaryl/α,β-unsaturated/α-hetero) is 1. The van der Waals surface area contributed by atoms with Crippen molar-refractivity contribution in [1.82, 2.24) is 0 Å². The summed E-state index contributed by atoms with van der Waals surface area (Å²) in [5.74, 6) is 0.210. The van der Waals surface area contributed by atoms with E-state index in [1.807, 2.05) is 30.3 Å². The molecule has 0 N–H and O–H groups in total. The average Bonchev–Trinajstić information content (AvgIpc) is 2.06. The Balaban J connectivity index is 2.59. The Morgan fingerprint density at radius 3 is 2.50 bits per heavy atom. The van der Waals surface area contributed by atoms with Gasteiger partial charge in [-0.2, -0.15) is 0 Å². The van der Waals surface area contributed by atoms with Crippen LogP contribution in [0.2, 0.25) is 0 Å². The molecular weight excluding hydrogens is 331 g/mol. The number of hydrogen-bond acceptors (Lipinski definition) is 1. The summed E-state index contributed by atoms with van der Waals surface area (Å²) in [5.41, 5.74) is 1.07. The van der Waals surface area contributed by atoms with Crippen molar-refractivity contribution < 1.29 is 4.79 Å². The zero-order valence-electron chi connectivity index (χ0n) is 6.34. The largest absolute Gasteiger partial charge is 0.297 e. The molecule has 1 atom stereocenters. The van der Waals surface area contributed by atoms with Crippen LogP contribution in [0.4, 0.5) is 0 Å². The van der Waals surface area contributed by atoms with Gasteiger partial charge in [0.05, 0.1) is 0 Å². The Hall–Kier alpha value is 0.1000. The molecule has 1 aromatic carbocycles. The third-order valence-corrected chi connectivity index (χ3v) is 2.67. The number of hydrogen-bond donors (Lipinski definition) is 0. The van der Waals surface area contributed by atoms with Gasteiger partial charge in [-0.15, -0.1) is 0 Å². The lowest BCUT2D eigenvalue weighted by Crippen LogP contribution is -2.09. The second-order valence-electron chi connectivity index (χ2n) is 2.43. The second-order valence-corrected chi connectivity index (χ2v) is 6.30. The molecule has 1 nitrogen and oxygen atoms in total. The maximum atomic E-state index is 11.3. The highest BCUT2D eigenvalue weighted by Crippen LogP contribution is 2.13. The number of carbonyl (C=O) groups excluding carboxylic acids is 1. The van der Waals surface area contributed by atoms with Crippen LogP contribution in [0.1, 0.15) is 5.56 Å².